The fourth-order valence-electron chi connectivity index (χ4n) is 2.17. The Bertz CT molecular complexity index is 762. The highest BCUT2D eigenvalue weighted by Gasteiger charge is 2.11. The molecule has 2 heterocycles. The smallest absolute Gasteiger partial charge is 0.270 e. The monoisotopic (exact) mass is 326 g/mol. The van der Waals surface area contributed by atoms with Gasteiger partial charge >= 0.3 is 0 Å². The van der Waals surface area contributed by atoms with Crippen LogP contribution in [0.15, 0.2) is 48.1 Å². The van der Waals surface area contributed by atoms with Gasteiger partial charge in [0, 0.05) is 36.4 Å². The van der Waals surface area contributed by atoms with E-state index < -0.39 is 0 Å². The summed E-state index contributed by atoms with van der Waals surface area (Å²) in [5.41, 5.74) is 2.73. The van der Waals surface area contributed by atoms with Gasteiger partial charge in [-0.2, -0.15) is 5.10 Å². The maximum Gasteiger partial charge on any atom is 0.270 e. The summed E-state index contributed by atoms with van der Waals surface area (Å²) in [6.45, 7) is 3.45. The predicted molar refractivity (Wildman–Crippen MR) is 91.5 cm³/mol. The fraction of sp³-hybridized carbons (Fsp3) is 0.235. The van der Waals surface area contributed by atoms with E-state index in [4.69, 9.17) is 0 Å². The van der Waals surface area contributed by atoms with E-state index in [2.05, 4.69) is 15.4 Å². The van der Waals surface area contributed by atoms with E-state index >= 15 is 0 Å². The minimum Gasteiger partial charge on any atom is -0.351 e. The van der Waals surface area contributed by atoms with Crippen molar-refractivity contribution in [1.82, 2.24) is 20.1 Å². The molecule has 1 amide bonds. The summed E-state index contributed by atoms with van der Waals surface area (Å²) in [6.07, 6.45) is 4.50. The lowest BCUT2D eigenvalue weighted by atomic mass is 10.2. The third-order valence-corrected chi connectivity index (χ3v) is 4.34. The van der Waals surface area contributed by atoms with Gasteiger partial charge in [0.25, 0.3) is 5.91 Å². The summed E-state index contributed by atoms with van der Waals surface area (Å²) in [5.74, 6) is -0.125. The van der Waals surface area contributed by atoms with Gasteiger partial charge in [0.05, 0.1) is 0 Å². The number of amides is 1. The van der Waals surface area contributed by atoms with Crippen molar-refractivity contribution in [3.8, 4) is 10.6 Å². The summed E-state index contributed by atoms with van der Waals surface area (Å²) in [4.78, 5) is 16.5. The van der Waals surface area contributed by atoms with Crippen molar-refractivity contribution in [1.29, 1.82) is 0 Å². The first-order valence-electron chi connectivity index (χ1n) is 7.50. The number of nitrogens with one attached hydrogen (secondary N) is 1. The normalized spacial score (nSPS) is 10.7. The Morgan fingerprint density at radius 1 is 1.30 bits per heavy atom. The van der Waals surface area contributed by atoms with Crippen molar-refractivity contribution in [2.75, 3.05) is 6.54 Å². The average molecular weight is 326 g/mol. The molecule has 0 aliphatic rings. The standard InChI is InChI=1S/C17H18N4OS/c1-13-4-6-14(7-5-13)17-20-15(12-23-17)16(22)18-8-2-10-21-11-3-9-19-21/h3-7,9,11-12H,2,8,10H2,1H3,(H,18,22). The van der Waals surface area contributed by atoms with E-state index in [-0.39, 0.29) is 5.91 Å². The molecule has 118 valence electrons. The number of aryl methyl sites for hydroxylation is 2. The molecule has 0 radical (unpaired) electrons. The van der Waals surface area contributed by atoms with Crippen molar-refractivity contribution >= 4 is 17.2 Å². The lowest BCUT2D eigenvalue weighted by molar-refractivity contribution is 0.0948. The molecule has 0 bridgehead atoms. The van der Waals surface area contributed by atoms with Crippen LogP contribution in [-0.2, 0) is 6.54 Å². The number of nitrogens with zero attached hydrogens (tertiary/aromatic N) is 3. The molecule has 1 aromatic carbocycles. The quantitative estimate of drug-likeness (QED) is 0.708. The minimum atomic E-state index is -0.125. The summed E-state index contributed by atoms with van der Waals surface area (Å²) < 4.78 is 1.85. The van der Waals surface area contributed by atoms with Crippen LogP contribution >= 0.6 is 11.3 Å². The first kappa shape index (κ1) is 15.4. The Labute approximate surface area is 139 Å². The molecule has 0 aliphatic heterocycles. The first-order chi connectivity index (χ1) is 11.2. The largest absolute Gasteiger partial charge is 0.351 e. The summed E-state index contributed by atoms with van der Waals surface area (Å²) in [7, 11) is 0. The van der Waals surface area contributed by atoms with Crippen LogP contribution in [0.5, 0.6) is 0 Å². The number of rotatable bonds is 6. The second kappa shape index (κ2) is 7.19. The third kappa shape index (κ3) is 4.04. The SMILES string of the molecule is Cc1ccc(-c2nc(C(=O)NCCCn3cccn3)cs2)cc1. The maximum atomic E-state index is 12.1. The molecule has 0 saturated heterocycles. The minimum absolute atomic E-state index is 0.125. The molecular formula is C17H18N4OS. The van der Waals surface area contributed by atoms with Crippen LogP contribution in [-0.4, -0.2) is 27.2 Å². The fourth-order valence-corrected chi connectivity index (χ4v) is 2.98. The van der Waals surface area contributed by atoms with Crippen molar-refractivity contribution in [2.45, 2.75) is 19.9 Å². The molecule has 5 nitrogen and oxygen atoms in total. The molecule has 0 spiro atoms. The Kier molecular flexibility index (Phi) is 4.83. The zero-order chi connectivity index (χ0) is 16.1. The Morgan fingerprint density at radius 3 is 2.87 bits per heavy atom. The van der Waals surface area contributed by atoms with Crippen LogP contribution in [0.2, 0.25) is 0 Å². The van der Waals surface area contributed by atoms with Crippen molar-refractivity contribution in [2.24, 2.45) is 0 Å². The number of benzene rings is 1. The van der Waals surface area contributed by atoms with Gasteiger partial charge in [-0.15, -0.1) is 11.3 Å². The molecule has 0 saturated carbocycles. The van der Waals surface area contributed by atoms with Crippen LogP contribution in [0.25, 0.3) is 10.6 Å². The molecule has 3 aromatic rings. The lowest BCUT2D eigenvalue weighted by Crippen LogP contribution is -2.25. The topological polar surface area (TPSA) is 59.8 Å². The van der Waals surface area contributed by atoms with E-state index in [0.29, 0.717) is 12.2 Å². The van der Waals surface area contributed by atoms with Gasteiger partial charge in [-0.3, -0.25) is 9.48 Å². The predicted octanol–water partition coefficient (Wildman–Crippen LogP) is 3.14. The van der Waals surface area contributed by atoms with E-state index in [1.807, 2.05) is 48.1 Å². The van der Waals surface area contributed by atoms with Gasteiger partial charge in [-0.05, 0) is 19.4 Å². The summed E-state index contributed by atoms with van der Waals surface area (Å²) in [5, 5.41) is 9.70. The van der Waals surface area contributed by atoms with Crippen LogP contribution < -0.4 is 5.32 Å². The number of thiazole rings is 1. The summed E-state index contributed by atoms with van der Waals surface area (Å²) >= 11 is 1.49. The second-order valence-corrected chi connectivity index (χ2v) is 6.14. The molecule has 1 N–H and O–H groups in total. The molecular weight excluding hydrogens is 308 g/mol. The Morgan fingerprint density at radius 2 is 2.13 bits per heavy atom. The molecule has 0 unspecified atom stereocenters. The number of carbonyl (C=O) groups is 1. The molecule has 0 atom stereocenters. The highest BCUT2D eigenvalue weighted by molar-refractivity contribution is 7.13. The molecule has 0 fully saturated rings. The second-order valence-electron chi connectivity index (χ2n) is 5.28. The Hall–Kier alpha value is -2.47. The maximum absolute atomic E-state index is 12.1. The van der Waals surface area contributed by atoms with Gasteiger partial charge in [0.1, 0.15) is 10.7 Å². The van der Waals surface area contributed by atoms with Crippen LogP contribution in [0.1, 0.15) is 22.5 Å². The molecule has 23 heavy (non-hydrogen) atoms. The van der Waals surface area contributed by atoms with E-state index in [0.717, 1.165) is 23.5 Å². The molecule has 2 aromatic heterocycles. The third-order valence-electron chi connectivity index (χ3n) is 3.44. The van der Waals surface area contributed by atoms with Gasteiger partial charge in [0.15, 0.2) is 0 Å². The van der Waals surface area contributed by atoms with Crippen molar-refractivity contribution in [3.63, 3.8) is 0 Å². The highest BCUT2D eigenvalue weighted by Crippen LogP contribution is 2.23. The van der Waals surface area contributed by atoms with Crippen LogP contribution in [0.3, 0.4) is 0 Å². The number of aromatic nitrogens is 3. The van der Waals surface area contributed by atoms with Crippen LogP contribution in [0, 0.1) is 6.92 Å². The molecule has 6 heteroatoms. The van der Waals surface area contributed by atoms with Crippen LogP contribution in [0.4, 0.5) is 0 Å². The van der Waals surface area contributed by atoms with Gasteiger partial charge < -0.3 is 5.32 Å². The summed E-state index contributed by atoms with van der Waals surface area (Å²) in [6, 6.07) is 10.0. The van der Waals surface area contributed by atoms with E-state index in [1.165, 1.54) is 16.9 Å². The van der Waals surface area contributed by atoms with Gasteiger partial charge in [-0.25, -0.2) is 4.98 Å². The average Bonchev–Trinajstić information content (AvgIpc) is 3.24. The van der Waals surface area contributed by atoms with Crippen molar-refractivity contribution in [3.05, 3.63) is 59.4 Å². The van der Waals surface area contributed by atoms with E-state index in [9.17, 15) is 4.79 Å². The zero-order valence-corrected chi connectivity index (χ0v) is 13.7. The van der Waals surface area contributed by atoms with Gasteiger partial charge in [0.2, 0.25) is 0 Å². The van der Waals surface area contributed by atoms with Gasteiger partial charge in [-0.1, -0.05) is 29.8 Å². The number of hydrogen-bond acceptors (Lipinski definition) is 4. The lowest BCUT2D eigenvalue weighted by Gasteiger charge is -2.03. The molecule has 0 aliphatic carbocycles. The van der Waals surface area contributed by atoms with E-state index in [1.54, 1.807) is 11.6 Å². The number of carbonyl (C=O) groups excluding carboxylic acids is 1. The van der Waals surface area contributed by atoms with Crippen molar-refractivity contribution < 1.29 is 4.79 Å². The highest BCUT2D eigenvalue weighted by atomic mass is 32.1. The molecule has 3 rings (SSSR count). The Balaban J connectivity index is 1.52. The first-order valence-corrected chi connectivity index (χ1v) is 8.38. The number of hydrogen-bond donors (Lipinski definition) is 1. The zero-order valence-electron chi connectivity index (χ0n) is 12.9.